The van der Waals surface area contributed by atoms with Crippen molar-refractivity contribution >= 4 is 5.78 Å². The van der Waals surface area contributed by atoms with E-state index in [2.05, 4.69) is 13.8 Å². The molecule has 0 aromatic heterocycles. The number of carbonyl (C=O) groups is 1. The van der Waals surface area contributed by atoms with Crippen LogP contribution in [0.15, 0.2) is 11.1 Å². The normalized spacial score (nSPS) is 34.8. The Morgan fingerprint density at radius 1 is 1.15 bits per heavy atom. The van der Waals surface area contributed by atoms with Crippen molar-refractivity contribution in [3.8, 4) is 0 Å². The Morgan fingerprint density at radius 2 is 1.85 bits per heavy atom. The van der Waals surface area contributed by atoms with E-state index in [1.165, 1.54) is 24.0 Å². The summed E-state index contributed by atoms with van der Waals surface area (Å²) in [5.74, 6) is 1.60. The van der Waals surface area contributed by atoms with Gasteiger partial charge in [-0.05, 0) is 45.4 Å². The van der Waals surface area contributed by atoms with Crippen LogP contribution in [0.25, 0.3) is 0 Å². The SMILES string of the molecule is CC1=C(C)C[C@@H]2C(=O)CCC[C@H]2C1. The van der Waals surface area contributed by atoms with Gasteiger partial charge in [0.25, 0.3) is 0 Å². The molecule has 0 bridgehead atoms. The molecule has 0 unspecified atom stereocenters. The smallest absolute Gasteiger partial charge is 0.136 e. The number of Topliss-reactive ketones (excluding diaryl/α,β-unsaturated/α-hetero) is 1. The van der Waals surface area contributed by atoms with E-state index in [0.29, 0.717) is 17.6 Å². The number of rotatable bonds is 0. The van der Waals surface area contributed by atoms with Crippen LogP contribution in [0.4, 0.5) is 0 Å². The average molecular weight is 178 g/mol. The van der Waals surface area contributed by atoms with Gasteiger partial charge in [0.1, 0.15) is 5.78 Å². The summed E-state index contributed by atoms with van der Waals surface area (Å²) in [4.78, 5) is 11.7. The number of ketones is 1. The Morgan fingerprint density at radius 3 is 2.62 bits per heavy atom. The van der Waals surface area contributed by atoms with Gasteiger partial charge in [-0.25, -0.2) is 0 Å². The summed E-state index contributed by atoms with van der Waals surface area (Å²) in [7, 11) is 0. The molecule has 0 radical (unpaired) electrons. The molecule has 72 valence electrons. The second-order valence-corrected chi connectivity index (χ2v) is 4.69. The number of hydrogen-bond donors (Lipinski definition) is 0. The van der Waals surface area contributed by atoms with Crippen LogP contribution < -0.4 is 0 Å². The predicted octanol–water partition coefficient (Wildman–Crippen LogP) is 3.10. The van der Waals surface area contributed by atoms with Gasteiger partial charge < -0.3 is 0 Å². The Hall–Kier alpha value is -0.590. The van der Waals surface area contributed by atoms with E-state index in [1.54, 1.807) is 0 Å². The van der Waals surface area contributed by atoms with Crippen molar-refractivity contribution in [3.05, 3.63) is 11.1 Å². The van der Waals surface area contributed by atoms with Gasteiger partial charge in [0.2, 0.25) is 0 Å². The van der Waals surface area contributed by atoms with Crippen LogP contribution in [-0.2, 0) is 4.79 Å². The molecule has 0 aliphatic heterocycles. The molecular formula is C12H18O. The Kier molecular flexibility index (Phi) is 2.27. The molecule has 0 heterocycles. The first-order chi connectivity index (χ1) is 6.18. The van der Waals surface area contributed by atoms with Gasteiger partial charge in [-0.15, -0.1) is 0 Å². The molecule has 0 spiro atoms. The monoisotopic (exact) mass is 178 g/mol. The fourth-order valence-electron chi connectivity index (χ4n) is 2.78. The van der Waals surface area contributed by atoms with Crippen LogP contribution in [-0.4, -0.2) is 5.78 Å². The van der Waals surface area contributed by atoms with Crippen molar-refractivity contribution in [3.63, 3.8) is 0 Å². The van der Waals surface area contributed by atoms with Gasteiger partial charge in [0.05, 0.1) is 0 Å². The minimum absolute atomic E-state index is 0.387. The second kappa shape index (κ2) is 3.28. The highest BCUT2D eigenvalue weighted by molar-refractivity contribution is 5.82. The maximum absolute atomic E-state index is 11.7. The minimum Gasteiger partial charge on any atom is -0.299 e. The summed E-state index contributed by atoms with van der Waals surface area (Å²) in [6, 6.07) is 0. The van der Waals surface area contributed by atoms with Crippen molar-refractivity contribution in [2.45, 2.75) is 46.0 Å². The largest absolute Gasteiger partial charge is 0.299 e. The van der Waals surface area contributed by atoms with E-state index in [9.17, 15) is 4.79 Å². The first-order valence-corrected chi connectivity index (χ1v) is 5.36. The Bertz CT molecular complexity index is 262. The predicted molar refractivity (Wildman–Crippen MR) is 53.4 cm³/mol. The van der Waals surface area contributed by atoms with Gasteiger partial charge in [-0.3, -0.25) is 4.79 Å². The molecule has 1 fully saturated rings. The summed E-state index contributed by atoms with van der Waals surface area (Å²) in [6.45, 7) is 4.41. The van der Waals surface area contributed by atoms with Crippen LogP contribution in [0.3, 0.4) is 0 Å². The van der Waals surface area contributed by atoms with E-state index in [1.807, 2.05) is 0 Å². The molecule has 2 atom stereocenters. The standard InChI is InChI=1S/C12H18O/c1-8-6-10-4-3-5-12(13)11(10)7-9(8)2/h10-11H,3-7H2,1-2H3/t10-,11-/m0/s1. The lowest BCUT2D eigenvalue weighted by Crippen LogP contribution is -2.31. The second-order valence-electron chi connectivity index (χ2n) is 4.69. The van der Waals surface area contributed by atoms with E-state index < -0.39 is 0 Å². The summed E-state index contributed by atoms with van der Waals surface area (Å²) in [6.07, 6.45) is 5.48. The molecule has 0 aromatic rings. The number of carbonyl (C=O) groups excluding carboxylic acids is 1. The van der Waals surface area contributed by atoms with E-state index in [-0.39, 0.29) is 0 Å². The molecule has 2 rings (SSSR count). The van der Waals surface area contributed by atoms with Crippen molar-refractivity contribution in [1.29, 1.82) is 0 Å². The highest BCUT2D eigenvalue weighted by Crippen LogP contribution is 2.40. The van der Waals surface area contributed by atoms with Crippen molar-refractivity contribution in [1.82, 2.24) is 0 Å². The maximum atomic E-state index is 11.7. The minimum atomic E-state index is 0.387. The van der Waals surface area contributed by atoms with E-state index in [4.69, 9.17) is 0 Å². The zero-order chi connectivity index (χ0) is 9.42. The fourth-order valence-corrected chi connectivity index (χ4v) is 2.78. The van der Waals surface area contributed by atoms with Crippen molar-refractivity contribution in [2.24, 2.45) is 11.8 Å². The first-order valence-electron chi connectivity index (χ1n) is 5.36. The van der Waals surface area contributed by atoms with Crippen LogP contribution in [0.5, 0.6) is 0 Å². The lowest BCUT2D eigenvalue weighted by Gasteiger charge is -2.35. The van der Waals surface area contributed by atoms with Crippen LogP contribution >= 0.6 is 0 Å². The maximum Gasteiger partial charge on any atom is 0.136 e. The fraction of sp³-hybridized carbons (Fsp3) is 0.750. The summed E-state index contributed by atoms with van der Waals surface area (Å²) >= 11 is 0. The van der Waals surface area contributed by atoms with Crippen LogP contribution in [0, 0.1) is 11.8 Å². The summed E-state index contributed by atoms with van der Waals surface area (Å²) in [5, 5.41) is 0. The van der Waals surface area contributed by atoms with Gasteiger partial charge in [-0.2, -0.15) is 0 Å². The molecule has 0 saturated heterocycles. The molecule has 0 N–H and O–H groups in total. The molecule has 2 aliphatic carbocycles. The number of fused-ring (bicyclic) bond motifs is 1. The first kappa shape index (κ1) is 8.98. The number of hydrogen-bond acceptors (Lipinski definition) is 1. The average Bonchev–Trinajstić information content (AvgIpc) is 2.09. The van der Waals surface area contributed by atoms with Crippen molar-refractivity contribution in [2.75, 3.05) is 0 Å². The highest BCUT2D eigenvalue weighted by atomic mass is 16.1. The topological polar surface area (TPSA) is 17.1 Å². The molecule has 0 aromatic carbocycles. The third-order valence-corrected chi connectivity index (χ3v) is 3.80. The molecule has 1 heteroatoms. The van der Waals surface area contributed by atoms with Crippen LogP contribution in [0.1, 0.15) is 46.0 Å². The van der Waals surface area contributed by atoms with Gasteiger partial charge in [0, 0.05) is 12.3 Å². The van der Waals surface area contributed by atoms with Gasteiger partial charge in [-0.1, -0.05) is 11.1 Å². The third-order valence-electron chi connectivity index (χ3n) is 3.80. The third kappa shape index (κ3) is 1.56. The quantitative estimate of drug-likeness (QED) is 0.521. The lowest BCUT2D eigenvalue weighted by molar-refractivity contribution is -0.126. The Balaban J connectivity index is 2.20. The van der Waals surface area contributed by atoms with Crippen molar-refractivity contribution < 1.29 is 4.79 Å². The molecule has 13 heavy (non-hydrogen) atoms. The molecule has 0 amide bonds. The highest BCUT2D eigenvalue weighted by Gasteiger charge is 2.34. The summed E-state index contributed by atoms with van der Waals surface area (Å²) in [5.41, 5.74) is 3.01. The van der Waals surface area contributed by atoms with Crippen LogP contribution in [0.2, 0.25) is 0 Å². The van der Waals surface area contributed by atoms with Gasteiger partial charge >= 0.3 is 0 Å². The molecule has 1 nitrogen and oxygen atoms in total. The zero-order valence-corrected chi connectivity index (χ0v) is 8.60. The Labute approximate surface area is 80.2 Å². The summed E-state index contributed by atoms with van der Waals surface area (Å²) < 4.78 is 0. The molecule has 1 saturated carbocycles. The zero-order valence-electron chi connectivity index (χ0n) is 8.60. The van der Waals surface area contributed by atoms with Gasteiger partial charge in [0.15, 0.2) is 0 Å². The molecule has 2 aliphatic rings. The van der Waals surface area contributed by atoms with E-state index in [0.717, 1.165) is 19.3 Å². The lowest BCUT2D eigenvalue weighted by atomic mass is 9.69. The number of allylic oxidation sites excluding steroid dienone is 2. The molecular weight excluding hydrogens is 160 g/mol. The van der Waals surface area contributed by atoms with E-state index >= 15 is 0 Å².